The molecule has 1 saturated heterocycles. The number of fused-ring (bicyclic) bond motifs is 1. The minimum Gasteiger partial charge on any atom is -0.387 e. The summed E-state index contributed by atoms with van der Waals surface area (Å²) < 4.78 is 52.7. The number of hydrogen-bond acceptors (Lipinski definition) is 13. The normalized spacial score (nSPS) is 25.2. The van der Waals surface area contributed by atoms with Gasteiger partial charge < -0.3 is 39.8 Å². The van der Waals surface area contributed by atoms with Crippen LogP contribution in [0.15, 0.2) is 43.0 Å². The number of aliphatic hydroxyl groups excluding tert-OH is 2. The molecular formula is C17H22N5O13P3. The Labute approximate surface area is 213 Å². The molecule has 0 aliphatic carbocycles. The molecule has 6 atom stereocenters. The maximum Gasteiger partial charge on any atom is 0.490 e. The fraction of sp³-hybridized carbons (Fsp3) is 0.353. The minimum atomic E-state index is -5.72. The number of imidazole rings is 1. The van der Waals surface area contributed by atoms with Crippen molar-refractivity contribution in [3.8, 4) is 0 Å². The molecule has 208 valence electrons. The Morgan fingerprint density at radius 2 is 1.66 bits per heavy atom. The average Bonchev–Trinajstić information content (AvgIpc) is 3.36. The fourth-order valence-electron chi connectivity index (χ4n) is 3.52. The number of aliphatic hydroxyl groups is 2. The largest absolute Gasteiger partial charge is 0.490 e. The summed E-state index contributed by atoms with van der Waals surface area (Å²) in [6.45, 7) is -0.520. The van der Waals surface area contributed by atoms with Crippen LogP contribution in [0.4, 0.5) is 5.82 Å². The summed E-state index contributed by atoms with van der Waals surface area (Å²) in [4.78, 5) is 48.6. The van der Waals surface area contributed by atoms with Gasteiger partial charge in [0, 0.05) is 6.54 Å². The molecule has 0 radical (unpaired) electrons. The van der Waals surface area contributed by atoms with Gasteiger partial charge >= 0.3 is 23.5 Å². The lowest BCUT2D eigenvalue weighted by Crippen LogP contribution is -2.33. The summed E-state index contributed by atoms with van der Waals surface area (Å²) in [5, 5.41) is 24.0. The molecule has 7 N–H and O–H groups in total. The topological polar surface area (TPSA) is 265 Å². The molecule has 21 heteroatoms. The van der Waals surface area contributed by atoms with E-state index < -0.39 is 54.6 Å². The summed E-state index contributed by atoms with van der Waals surface area (Å²) >= 11 is 0. The monoisotopic (exact) mass is 597 g/mol. The maximum absolute atomic E-state index is 12.0. The molecule has 1 aliphatic heterocycles. The molecule has 0 amide bonds. The molecule has 0 bridgehead atoms. The van der Waals surface area contributed by atoms with Crippen LogP contribution in [-0.4, -0.2) is 74.2 Å². The van der Waals surface area contributed by atoms with E-state index >= 15 is 0 Å². The molecule has 0 saturated carbocycles. The molecule has 3 heterocycles. The number of nitrogens with one attached hydrogen (secondary N) is 1. The first kappa shape index (κ1) is 28.9. The molecule has 18 nitrogen and oxygen atoms in total. The van der Waals surface area contributed by atoms with Crippen molar-refractivity contribution < 1.29 is 61.4 Å². The van der Waals surface area contributed by atoms with Gasteiger partial charge in [0.1, 0.15) is 24.6 Å². The number of rotatable bonds is 11. The third kappa shape index (κ3) is 7.08. The summed E-state index contributed by atoms with van der Waals surface area (Å²) in [6.07, 6.45) is -3.51. The molecule has 1 aliphatic rings. The number of hydrogen-bond donors (Lipinski definition) is 7. The van der Waals surface area contributed by atoms with Crippen LogP contribution in [0, 0.1) is 0 Å². The van der Waals surface area contributed by atoms with E-state index in [-0.39, 0.29) is 5.65 Å². The SMILES string of the molecule is O=P(O)(O)OP(=O)(O)OP(=O)(O)OCC1OC(n2cnc3c(NCc4ccccc4)ncnc32)C(O)C1O. The van der Waals surface area contributed by atoms with Crippen LogP contribution in [0.2, 0.25) is 0 Å². The molecule has 3 aromatic rings. The predicted molar refractivity (Wildman–Crippen MR) is 125 cm³/mol. The van der Waals surface area contributed by atoms with Crippen molar-refractivity contribution in [2.45, 2.75) is 31.1 Å². The average molecular weight is 597 g/mol. The van der Waals surface area contributed by atoms with E-state index in [9.17, 15) is 33.7 Å². The van der Waals surface area contributed by atoms with Gasteiger partial charge in [0.25, 0.3) is 0 Å². The fourth-order valence-corrected chi connectivity index (χ4v) is 6.55. The number of ether oxygens (including phenoxy) is 1. The second-order valence-corrected chi connectivity index (χ2v) is 12.2. The third-order valence-corrected chi connectivity index (χ3v) is 8.89. The Morgan fingerprint density at radius 3 is 2.34 bits per heavy atom. The van der Waals surface area contributed by atoms with Crippen LogP contribution in [0.1, 0.15) is 11.8 Å². The van der Waals surface area contributed by atoms with E-state index in [1.54, 1.807) is 0 Å². The highest BCUT2D eigenvalue weighted by molar-refractivity contribution is 7.66. The molecular weight excluding hydrogens is 575 g/mol. The van der Waals surface area contributed by atoms with Crippen LogP contribution in [0.5, 0.6) is 0 Å². The van der Waals surface area contributed by atoms with Crippen molar-refractivity contribution in [1.82, 2.24) is 19.5 Å². The zero-order valence-corrected chi connectivity index (χ0v) is 21.6. The number of phosphoric acid groups is 3. The van der Waals surface area contributed by atoms with Gasteiger partial charge in [0.15, 0.2) is 23.2 Å². The van der Waals surface area contributed by atoms with Crippen molar-refractivity contribution in [2.24, 2.45) is 0 Å². The van der Waals surface area contributed by atoms with Gasteiger partial charge in [0.05, 0.1) is 12.9 Å². The van der Waals surface area contributed by atoms with E-state index in [0.29, 0.717) is 17.9 Å². The lowest BCUT2D eigenvalue weighted by molar-refractivity contribution is -0.0503. The Balaban J connectivity index is 1.44. The quantitative estimate of drug-likeness (QED) is 0.147. The van der Waals surface area contributed by atoms with Gasteiger partial charge in [0.2, 0.25) is 0 Å². The zero-order valence-electron chi connectivity index (χ0n) is 18.9. The Bertz CT molecular complexity index is 1420. The van der Waals surface area contributed by atoms with Gasteiger partial charge in [-0.1, -0.05) is 30.3 Å². The first-order valence-corrected chi connectivity index (χ1v) is 15.0. The van der Waals surface area contributed by atoms with Gasteiger partial charge in [-0.15, -0.1) is 0 Å². The number of anilines is 1. The molecule has 1 fully saturated rings. The summed E-state index contributed by atoms with van der Waals surface area (Å²) in [5.41, 5.74) is 1.53. The lowest BCUT2D eigenvalue weighted by atomic mass is 10.1. The second kappa shape index (κ2) is 11.2. The van der Waals surface area contributed by atoms with Crippen molar-refractivity contribution in [2.75, 3.05) is 11.9 Å². The van der Waals surface area contributed by atoms with Crippen LogP contribution >= 0.6 is 23.5 Å². The minimum absolute atomic E-state index is 0.223. The standard InChI is InChI=1S/C17H22N5O13P3/c23-13-11(7-32-37(28,29)35-38(30,31)34-36(25,26)27)33-17(14(13)24)22-9-21-12-15(19-8-20-16(12)22)18-6-10-4-2-1-3-5-10/h1-5,8-9,11,13-14,17,23-24H,6-7H2,(H,28,29)(H,30,31)(H,18,19,20)(H2,25,26,27). The number of aromatic nitrogens is 4. The molecule has 38 heavy (non-hydrogen) atoms. The highest BCUT2D eigenvalue weighted by atomic mass is 31.3. The first-order chi connectivity index (χ1) is 17.7. The molecule has 6 unspecified atom stereocenters. The van der Waals surface area contributed by atoms with Crippen LogP contribution in [0.25, 0.3) is 11.2 Å². The van der Waals surface area contributed by atoms with E-state index in [1.807, 2.05) is 30.3 Å². The van der Waals surface area contributed by atoms with Crippen molar-refractivity contribution in [3.63, 3.8) is 0 Å². The number of phosphoric ester groups is 1. The highest BCUT2D eigenvalue weighted by Crippen LogP contribution is 2.66. The highest BCUT2D eigenvalue weighted by Gasteiger charge is 2.47. The molecule has 2 aromatic heterocycles. The van der Waals surface area contributed by atoms with E-state index in [2.05, 4.69) is 33.4 Å². The lowest BCUT2D eigenvalue weighted by Gasteiger charge is -2.19. The first-order valence-electron chi connectivity index (χ1n) is 10.5. The van der Waals surface area contributed by atoms with Crippen LogP contribution < -0.4 is 5.32 Å². The van der Waals surface area contributed by atoms with Crippen molar-refractivity contribution in [3.05, 3.63) is 48.5 Å². The second-order valence-electron chi connectivity index (χ2n) is 7.82. The summed E-state index contributed by atoms with van der Waals surface area (Å²) in [7, 11) is -16.7. The van der Waals surface area contributed by atoms with E-state index in [1.165, 1.54) is 17.2 Å². The molecule has 0 spiro atoms. The smallest absolute Gasteiger partial charge is 0.387 e. The van der Waals surface area contributed by atoms with Gasteiger partial charge in [-0.05, 0) is 5.56 Å². The third-order valence-electron chi connectivity index (χ3n) is 5.09. The Kier molecular flexibility index (Phi) is 8.47. The van der Waals surface area contributed by atoms with Crippen LogP contribution in [0.3, 0.4) is 0 Å². The zero-order chi connectivity index (χ0) is 27.7. The van der Waals surface area contributed by atoms with Gasteiger partial charge in [-0.3, -0.25) is 9.09 Å². The maximum atomic E-state index is 12.0. The predicted octanol–water partition coefficient (Wildman–Crippen LogP) is 0.401. The Morgan fingerprint density at radius 1 is 0.947 bits per heavy atom. The van der Waals surface area contributed by atoms with Crippen molar-refractivity contribution >= 4 is 40.4 Å². The number of benzene rings is 1. The van der Waals surface area contributed by atoms with Crippen LogP contribution in [-0.2, 0) is 38.1 Å². The van der Waals surface area contributed by atoms with E-state index in [0.717, 1.165) is 5.56 Å². The summed E-state index contributed by atoms with van der Waals surface area (Å²) in [6, 6.07) is 9.47. The molecule has 1 aromatic carbocycles. The van der Waals surface area contributed by atoms with E-state index in [4.69, 9.17) is 14.5 Å². The number of nitrogens with zero attached hydrogens (tertiary/aromatic N) is 4. The van der Waals surface area contributed by atoms with Crippen molar-refractivity contribution in [1.29, 1.82) is 0 Å². The Hall–Kier alpha value is -2.14. The summed E-state index contributed by atoms with van der Waals surface area (Å²) in [5.74, 6) is 0.384. The van der Waals surface area contributed by atoms with Gasteiger partial charge in [-0.25, -0.2) is 28.6 Å². The van der Waals surface area contributed by atoms with Gasteiger partial charge in [-0.2, -0.15) is 8.62 Å². The molecule has 4 rings (SSSR count).